The monoisotopic (exact) mass is 127 g/mol. The van der Waals surface area contributed by atoms with Gasteiger partial charge in [-0.2, -0.15) is 0 Å². The second-order valence-corrected chi connectivity index (χ2v) is 2.37. The summed E-state index contributed by atoms with van der Waals surface area (Å²) in [6, 6.07) is 0. The fourth-order valence-electron chi connectivity index (χ4n) is 0.615. The molecule has 0 aliphatic rings. The van der Waals surface area contributed by atoms with Gasteiger partial charge in [0.05, 0.1) is 5.71 Å². The minimum Gasteiger partial charge on any atom is -0.384 e. The summed E-state index contributed by atoms with van der Waals surface area (Å²) in [7, 11) is 1.63. The Morgan fingerprint density at radius 2 is 2.11 bits per heavy atom. The topological polar surface area (TPSA) is 32.6 Å². The van der Waals surface area contributed by atoms with Crippen LogP contribution in [0.5, 0.6) is 0 Å². The third kappa shape index (κ3) is 2.42. The SMILES string of the molecule is C=CC(=NC)C(C)(C)O. The highest BCUT2D eigenvalue weighted by Crippen LogP contribution is 2.04. The summed E-state index contributed by atoms with van der Waals surface area (Å²) in [6.45, 7) is 6.86. The van der Waals surface area contributed by atoms with Crippen molar-refractivity contribution >= 4 is 5.71 Å². The molecule has 0 aliphatic carbocycles. The quantitative estimate of drug-likeness (QED) is 0.552. The molecule has 2 nitrogen and oxygen atoms in total. The molecule has 0 aliphatic heterocycles. The van der Waals surface area contributed by atoms with Gasteiger partial charge < -0.3 is 5.11 Å². The Bertz CT molecular complexity index is 130. The molecule has 0 aromatic heterocycles. The largest absolute Gasteiger partial charge is 0.384 e. The van der Waals surface area contributed by atoms with Gasteiger partial charge >= 0.3 is 0 Å². The van der Waals surface area contributed by atoms with Crippen LogP contribution in [0.25, 0.3) is 0 Å². The molecule has 0 spiro atoms. The zero-order valence-corrected chi connectivity index (χ0v) is 6.18. The van der Waals surface area contributed by atoms with Crippen molar-refractivity contribution in [1.82, 2.24) is 0 Å². The van der Waals surface area contributed by atoms with Gasteiger partial charge in [-0.1, -0.05) is 6.58 Å². The molecule has 0 saturated carbocycles. The fourth-order valence-corrected chi connectivity index (χ4v) is 0.615. The van der Waals surface area contributed by atoms with Gasteiger partial charge in [0.25, 0.3) is 0 Å². The van der Waals surface area contributed by atoms with Crippen molar-refractivity contribution in [2.24, 2.45) is 4.99 Å². The molecule has 0 bridgehead atoms. The van der Waals surface area contributed by atoms with Gasteiger partial charge in [0.2, 0.25) is 0 Å². The average molecular weight is 127 g/mol. The van der Waals surface area contributed by atoms with Crippen LogP contribution in [0.4, 0.5) is 0 Å². The molecule has 9 heavy (non-hydrogen) atoms. The standard InChI is InChI=1S/C7H13NO/c1-5-6(8-4)7(2,3)9/h5,9H,1H2,2-4H3. The molecule has 0 unspecified atom stereocenters. The van der Waals surface area contributed by atoms with Gasteiger partial charge in [-0.3, -0.25) is 4.99 Å². The van der Waals surface area contributed by atoms with Gasteiger partial charge in [0.15, 0.2) is 0 Å². The Kier molecular flexibility index (Phi) is 2.59. The highest BCUT2D eigenvalue weighted by molar-refractivity contribution is 6.00. The molecule has 2 heteroatoms. The minimum atomic E-state index is -0.851. The highest BCUT2D eigenvalue weighted by Gasteiger charge is 2.16. The van der Waals surface area contributed by atoms with E-state index in [1.807, 2.05) is 0 Å². The van der Waals surface area contributed by atoms with Crippen molar-refractivity contribution in [1.29, 1.82) is 0 Å². The molecule has 52 valence electrons. The maximum Gasteiger partial charge on any atom is 0.100 e. The van der Waals surface area contributed by atoms with Crippen molar-refractivity contribution < 1.29 is 5.11 Å². The lowest BCUT2D eigenvalue weighted by Gasteiger charge is -2.15. The summed E-state index contributed by atoms with van der Waals surface area (Å²) in [5, 5.41) is 9.28. The van der Waals surface area contributed by atoms with Gasteiger partial charge in [0.1, 0.15) is 5.60 Å². The van der Waals surface area contributed by atoms with Crippen molar-refractivity contribution in [3.05, 3.63) is 12.7 Å². The molecular weight excluding hydrogens is 114 g/mol. The first-order valence-corrected chi connectivity index (χ1v) is 2.84. The number of aliphatic hydroxyl groups is 1. The van der Waals surface area contributed by atoms with Gasteiger partial charge in [-0.15, -0.1) is 0 Å². The number of nitrogens with zero attached hydrogens (tertiary/aromatic N) is 1. The third-order valence-corrected chi connectivity index (χ3v) is 1.06. The molecule has 0 aromatic carbocycles. The third-order valence-electron chi connectivity index (χ3n) is 1.06. The Morgan fingerprint density at radius 3 is 2.11 bits per heavy atom. The first-order chi connectivity index (χ1) is 4.02. The predicted octanol–water partition coefficient (Wildman–Crippen LogP) is 1.01. The molecule has 0 saturated heterocycles. The van der Waals surface area contributed by atoms with Gasteiger partial charge in [-0.25, -0.2) is 0 Å². The lowest BCUT2D eigenvalue weighted by Crippen LogP contribution is -2.29. The number of hydrogen-bond acceptors (Lipinski definition) is 2. The van der Waals surface area contributed by atoms with Crippen LogP contribution in [0.3, 0.4) is 0 Å². The van der Waals surface area contributed by atoms with Crippen LogP contribution in [0.2, 0.25) is 0 Å². The summed E-state index contributed by atoms with van der Waals surface area (Å²) in [6.07, 6.45) is 1.56. The maximum absolute atomic E-state index is 9.28. The molecule has 0 atom stereocenters. The number of aliphatic imine (C=N–C) groups is 1. The van der Waals surface area contributed by atoms with E-state index >= 15 is 0 Å². The van der Waals surface area contributed by atoms with E-state index in [1.54, 1.807) is 27.0 Å². The van der Waals surface area contributed by atoms with Crippen LogP contribution in [-0.4, -0.2) is 23.5 Å². The molecule has 0 amide bonds. The summed E-state index contributed by atoms with van der Waals surface area (Å²) in [5.74, 6) is 0. The number of rotatable bonds is 2. The fraction of sp³-hybridized carbons (Fsp3) is 0.571. The van der Waals surface area contributed by atoms with E-state index in [4.69, 9.17) is 0 Å². The summed E-state index contributed by atoms with van der Waals surface area (Å²) < 4.78 is 0. The zero-order valence-electron chi connectivity index (χ0n) is 6.18. The Hall–Kier alpha value is -0.630. The average Bonchev–Trinajstić information content (AvgIpc) is 1.65. The molecule has 0 fully saturated rings. The van der Waals surface area contributed by atoms with Crippen LogP contribution < -0.4 is 0 Å². The Labute approximate surface area is 55.9 Å². The summed E-state index contributed by atoms with van der Waals surface area (Å²) >= 11 is 0. The van der Waals surface area contributed by atoms with Gasteiger partial charge in [-0.05, 0) is 19.9 Å². The molecule has 0 heterocycles. The van der Waals surface area contributed by atoms with Crippen molar-refractivity contribution in [2.45, 2.75) is 19.4 Å². The molecule has 0 aromatic rings. The lowest BCUT2D eigenvalue weighted by molar-refractivity contribution is 0.155. The maximum atomic E-state index is 9.28. The second-order valence-electron chi connectivity index (χ2n) is 2.37. The van der Waals surface area contributed by atoms with E-state index < -0.39 is 5.60 Å². The van der Waals surface area contributed by atoms with E-state index in [9.17, 15) is 5.11 Å². The van der Waals surface area contributed by atoms with E-state index in [0.717, 1.165) is 0 Å². The number of hydrogen-bond donors (Lipinski definition) is 1. The summed E-state index contributed by atoms with van der Waals surface area (Å²) in [5.41, 5.74) is -0.237. The predicted molar refractivity (Wildman–Crippen MR) is 39.9 cm³/mol. The van der Waals surface area contributed by atoms with Crippen LogP contribution in [0, 0.1) is 0 Å². The molecular formula is C7H13NO. The minimum absolute atomic E-state index is 0.613. The van der Waals surface area contributed by atoms with Crippen molar-refractivity contribution in [2.75, 3.05) is 7.05 Å². The van der Waals surface area contributed by atoms with E-state index in [1.165, 1.54) is 0 Å². The first kappa shape index (κ1) is 8.37. The zero-order chi connectivity index (χ0) is 7.49. The summed E-state index contributed by atoms with van der Waals surface area (Å²) in [4.78, 5) is 3.83. The Balaban J connectivity index is 4.32. The van der Waals surface area contributed by atoms with E-state index in [-0.39, 0.29) is 0 Å². The van der Waals surface area contributed by atoms with Crippen LogP contribution in [0.15, 0.2) is 17.6 Å². The van der Waals surface area contributed by atoms with Crippen molar-refractivity contribution in [3.8, 4) is 0 Å². The molecule has 0 radical (unpaired) electrons. The second kappa shape index (κ2) is 2.78. The highest BCUT2D eigenvalue weighted by atomic mass is 16.3. The molecule has 0 rings (SSSR count). The van der Waals surface area contributed by atoms with E-state index in [0.29, 0.717) is 5.71 Å². The van der Waals surface area contributed by atoms with Crippen LogP contribution >= 0.6 is 0 Å². The first-order valence-electron chi connectivity index (χ1n) is 2.84. The van der Waals surface area contributed by atoms with E-state index in [2.05, 4.69) is 11.6 Å². The smallest absolute Gasteiger partial charge is 0.100 e. The van der Waals surface area contributed by atoms with Crippen LogP contribution in [-0.2, 0) is 0 Å². The van der Waals surface area contributed by atoms with Gasteiger partial charge in [0, 0.05) is 7.05 Å². The van der Waals surface area contributed by atoms with Crippen LogP contribution in [0.1, 0.15) is 13.8 Å². The molecule has 1 N–H and O–H groups in total. The Morgan fingerprint density at radius 1 is 1.67 bits per heavy atom. The van der Waals surface area contributed by atoms with Crippen molar-refractivity contribution in [3.63, 3.8) is 0 Å². The lowest BCUT2D eigenvalue weighted by atomic mass is 10.0. The normalized spacial score (nSPS) is 13.6.